The quantitative estimate of drug-likeness (QED) is 0.0320. The SMILES string of the molecule is CCCCC/C=C\C/C=C\CCCCCCCCCCCC(=O)OCCCCCCCCCCCCCC/C=C\CCCCCCCCCCCCCCC(=O)NC(CO)C(O)CCCCCCCCCCCCCC. The first kappa shape index (κ1) is 74.1. The van der Waals surface area contributed by atoms with Crippen LogP contribution in [0.15, 0.2) is 36.5 Å². The molecule has 0 aromatic rings. The van der Waals surface area contributed by atoms with Gasteiger partial charge in [-0.25, -0.2) is 0 Å². The predicted molar refractivity (Wildman–Crippen MR) is 333 cm³/mol. The van der Waals surface area contributed by atoms with E-state index < -0.39 is 12.1 Å². The Morgan fingerprint density at radius 2 is 0.658 bits per heavy atom. The molecule has 0 heterocycles. The zero-order valence-corrected chi connectivity index (χ0v) is 51.3. The van der Waals surface area contributed by atoms with E-state index in [-0.39, 0.29) is 18.5 Å². The molecule has 6 nitrogen and oxygen atoms in total. The monoisotopic (exact) mass is 1070 g/mol. The number of carbonyl (C=O) groups is 2. The highest BCUT2D eigenvalue weighted by Crippen LogP contribution is 2.18. The minimum Gasteiger partial charge on any atom is -0.466 e. The lowest BCUT2D eigenvalue weighted by atomic mass is 10.0. The number of amides is 1. The summed E-state index contributed by atoms with van der Waals surface area (Å²) in [6.45, 7) is 4.94. The topological polar surface area (TPSA) is 95.9 Å². The third-order valence-electron chi connectivity index (χ3n) is 15.9. The molecular weight excluding hydrogens is 935 g/mol. The van der Waals surface area contributed by atoms with Crippen LogP contribution in [0.5, 0.6) is 0 Å². The standard InChI is InChI=1S/C70H133NO5/c1-3-5-7-9-11-13-15-17-18-19-30-34-37-40-44-48-52-56-60-64-70(75)76-65-61-57-53-49-45-41-38-35-32-29-27-25-23-21-20-22-24-26-28-31-33-36-39-43-47-51-55-59-63-69(74)71-67(66-72)68(73)62-58-54-50-46-42-16-14-12-10-8-6-4-2/h11,13,17-18,20-21,67-68,72-73H,3-10,12,14-16,19,22-66H2,1-2H3,(H,71,74)/b13-11-,18-17-,21-20-. The lowest BCUT2D eigenvalue weighted by molar-refractivity contribution is -0.143. The highest BCUT2D eigenvalue weighted by atomic mass is 16.5. The average Bonchev–Trinajstić information content (AvgIpc) is 3.42. The Morgan fingerprint density at radius 1 is 0.368 bits per heavy atom. The van der Waals surface area contributed by atoms with Crippen LogP contribution >= 0.6 is 0 Å². The van der Waals surface area contributed by atoms with Crippen LogP contribution in [0.25, 0.3) is 0 Å². The van der Waals surface area contributed by atoms with E-state index in [4.69, 9.17) is 4.74 Å². The van der Waals surface area contributed by atoms with Crippen LogP contribution in [0.4, 0.5) is 0 Å². The van der Waals surface area contributed by atoms with Gasteiger partial charge in [0.05, 0.1) is 25.4 Å². The van der Waals surface area contributed by atoms with Gasteiger partial charge in [0.2, 0.25) is 5.91 Å². The minimum atomic E-state index is -0.663. The molecule has 3 N–H and O–H groups in total. The summed E-state index contributed by atoms with van der Waals surface area (Å²) in [4.78, 5) is 24.6. The van der Waals surface area contributed by atoms with Gasteiger partial charge in [0.15, 0.2) is 0 Å². The highest BCUT2D eigenvalue weighted by Gasteiger charge is 2.20. The first-order valence-electron chi connectivity index (χ1n) is 34.2. The molecule has 6 heteroatoms. The third-order valence-corrected chi connectivity index (χ3v) is 15.9. The van der Waals surface area contributed by atoms with Gasteiger partial charge in [-0.1, -0.05) is 314 Å². The number of rotatable bonds is 64. The van der Waals surface area contributed by atoms with Crippen LogP contribution in [0.1, 0.15) is 373 Å². The predicted octanol–water partition coefficient (Wildman–Crippen LogP) is 21.9. The molecule has 0 aromatic heterocycles. The number of hydrogen-bond acceptors (Lipinski definition) is 5. The van der Waals surface area contributed by atoms with Crippen molar-refractivity contribution < 1.29 is 24.5 Å². The summed E-state index contributed by atoms with van der Waals surface area (Å²) in [6, 6.07) is -0.540. The maximum Gasteiger partial charge on any atom is 0.305 e. The first-order chi connectivity index (χ1) is 37.5. The number of nitrogens with one attached hydrogen (secondary N) is 1. The second-order valence-corrected chi connectivity index (χ2v) is 23.5. The Balaban J connectivity index is 3.35. The maximum absolute atomic E-state index is 12.5. The molecule has 2 atom stereocenters. The van der Waals surface area contributed by atoms with Gasteiger partial charge >= 0.3 is 5.97 Å². The second kappa shape index (κ2) is 65.6. The summed E-state index contributed by atoms with van der Waals surface area (Å²) in [7, 11) is 0. The fraction of sp³-hybridized carbons (Fsp3) is 0.886. The van der Waals surface area contributed by atoms with Crippen LogP contribution in [0.3, 0.4) is 0 Å². The van der Waals surface area contributed by atoms with E-state index in [0.717, 1.165) is 51.4 Å². The van der Waals surface area contributed by atoms with E-state index in [1.807, 2.05) is 0 Å². The number of aliphatic hydroxyl groups is 2. The molecule has 0 rings (SSSR count). The summed E-state index contributed by atoms with van der Waals surface area (Å²) in [6.07, 6.45) is 83.3. The van der Waals surface area contributed by atoms with Gasteiger partial charge in [0.1, 0.15) is 0 Å². The first-order valence-corrected chi connectivity index (χ1v) is 34.2. The van der Waals surface area contributed by atoms with Crippen molar-refractivity contribution in [1.29, 1.82) is 0 Å². The fourth-order valence-corrected chi connectivity index (χ4v) is 10.7. The van der Waals surface area contributed by atoms with Crippen LogP contribution in [-0.4, -0.2) is 47.4 Å². The zero-order valence-electron chi connectivity index (χ0n) is 51.3. The van der Waals surface area contributed by atoms with Gasteiger partial charge in [0, 0.05) is 12.8 Å². The normalized spacial score (nSPS) is 12.7. The Kier molecular flexibility index (Phi) is 63.9. The van der Waals surface area contributed by atoms with Crippen LogP contribution < -0.4 is 5.32 Å². The molecule has 0 fully saturated rings. The maximum atomic E-state index is 12.5. The van der Waals surface area contributed by atoms with Gasteiger partial charge in [-0.15, -0.1) is 0 Å². The van der Waals surface area contributed by atoms with Crippen molar-refractivity contribution in [3.8, 4) is 0 Å². The number of esters is 1. The van der Waals surface area contributed by atoms with Gasteiger partial charge < -0.3 is 20.3 Å². The molecule has 0 saturated heterocycles. The number of hydrogen-bond donors (Lipinski definition) is 3. The molecule has 0 radical (unpaired) electrons. The smallest absolute Gasteiger partial charge is 0.305 e. The molecule has 76 heavy (non-hydrogen) atoms. The summed E-state index contributed by atoms with van der Waals surface area (Å²) in [5, 5.41) is 23.2. The number of aliphatic hydroxyl groups excluding tert-OH is 2. The second-order valence-electron chi connectivity index (χ2n) is 23.5. The Bertz CT molecular complexity index is 1230. The Morgan fingerprint density at radius 3 is 1.04 bits per heavy atom. The van der Waals surface area contributed by atoms with Crippen molar-refractivity contribution in [2.45, 2.75) is 386 Å². The van der Waals surface area contributed by atoms with Crippen molar-refractivity contribution in [2.75, 3.05) is 13.2 Å². The van der Waals surface area contributed by atoms with E-state index >= 15 is 0 Å². The van der Waals surface area contributed by atoms with Crippen LogP contribution in [0, 0.1) is 0 Å². The van der Waals surface area contributed by atoms with Crippen LogP contribution in [0.2, 0.25) is 0 Å². The molecule has 2 unspecified atom stereocenters. The molecule has 0 aliphatic carbocycles. The number of unbranched alkanes of at least 4 members (excludes halogenated alkanes) is 47. The van der Waals surface area contributed by atoms with Gasteiger partial charge in [0.25, 0.3) is 0 Å². The van der Waals surface area contributed by atoms with Gasteiger partial charge in [-0.2, -0.15) is 0 Å². The van der Waals surface area contributed by atoms with E-state index in [9.17, 15) is 19.8 Å². The summed E-state index contributed by atoms with van der Waals surface area (Å²) < 4.78 is 5.50. The molecular formula is C70H133NO5. The molecule has 1 amide bonds. The largest absolute Gasteiger partial charge is 0.466 e. The number of allylic oxidation sites excluding steroid dienone is 6. The van der Waals surface area contributed by atoms with E-state index in [1.165, 1.54) is 289 Å². The summed E-state index contributed by atoms with van der Waals surface area (Å²) >= 11 is 0. The molecule has 0 bridgehead atoms. The molecule has 0 spiro atoms. The van der Waals surface area contributed by atoms with Crippen molar-refractivity contribution >= 4 is 11.9 Å². The molecule has 0 saturated carbocycles. The average molecular weight is 1070 g/mol. The lowest BCUT2D eigenvalue weighted by Crippen LogP contribution is -2.45. The van der Waals surface area contributed by atoms with E-state index in [2.05, 4.69) is 55.6 Å². The van der Waals surface area contributed by atoms with Crippen molar-refractivity contribution in [3.05, 3.63) is 36.5 Å². The fourth-order valence-electron chi connectivity index (χ4n) is 10.7. The van der Waals surface area contributed by atoms with E-state index in [0.29, 0.717) is 25.9 Å². The summed E-state index contributed by atoms with van der Waals surface area (Å²) in [5.41, 5.74) is 0. The molecule has 0 aliphatic heterocycles. The van der Waals surface area contributed by atoms with Crippen molar-refractivity contribution in [3.63, 3.8) is 0 Å². The zero-order chi connectivity index (χ0) is 55.0. The van der Waals surface area contributed by atoms with E-state index in [1.54, 1.807) is 0 Å². The Hall–Kier alpha value is -1.92. The lowest BCUT2D eigenvalue weighted by Gasteiger charge is -2.22. The summed E-state index contributed by atoms with van der Waals surface area (Å²) in [5.74, 6) is -0.0218. The minimum absolute atomic E-state index is 0.0123. The molecule has 0 aromatic carbocycles. The number of ether oxygens (including phenoxy) is 1. The third kappa shape index (κ3) is 61.3. The molecule has 0 aliphatic rings. The highest BCUT2D eigenvalue weighted by molar-refractivity contribution is 5.76. The Labute approximate surface area is 474 Å². The van der Waals surface area contributed by atoms with Crippen molar-refractivity contribution in [2.24, 2.45) is 0 Å². The van der Waals surface area contributed by atoms with Gasteiger partial charge in [-0.3, -0.25) is 9.59 Å². The molecule has 448 valence electrons. The van der Waals surface area contributed by atoms with Gasteiger partial charge in [-0.05, 0) is 83.5 Å². The number of carbonyl (C=O) groups excluding carboxylic acids is 2. The van der Waals surface area contributed by atoms with Crippen molar-refractivity contribution in [1.82, 2.24) is 5.32 Å². The van der Waals surface area contributed by atoms with Crippen LogP contribution in [-0.2, 0) is 14.3 Å².